The Labute approximate surface area is 378 Å². The van der Waals surface area contributed by atoms with E-state index < -0.39 is 0 Å². The lowest BCUT2D eigenvalue weighted by Gasteiger charge is -2.28. The second kappa shape index (κ2) is 14.4. The van der Waals surface area contributed by atoms with Crippen LogP contribution in [0.4, 0.5) is 17.1 Å². The van der Waals surface area contributed by atoms with Gasteiger partial charge in [0.25, 0.3) is 0 Å². The monoisotopic (exact) mass is 829 g/mol. The normalized spacial score (nSPS) is 12.9. The molecule has 12 aromatic rings. The number of rotatable bonds is 6. The molecule has 65 heavy (non-hydrogen) atoms. The van der Waals surface area contributed by atoms with Gasteiger partial charge in [-0.05, 0) is 149 Å². The van der Waals surface area contributed by atoms with Crippen LogP contribution in [0, 0.1) is 0 Å². The highest BCUT2D eigenvalue weighted by molar-refractivity contribution is 6.26. The minimum atomic E-state index is -0.126. The van der Waals surface area contributed by atoms with E-state index in [0.717, 1.165) is 44.6 Å². The van der Waals surface area contributed by atoms with Crippen molar-refractivity contribution in [2.24, 2.45) is 0 Å². The molecule has 0 unspecified atom stereocenters. The second-order valence-corrected chi connectivity index (χ2v) is 18.1. The Morgan fingerprint density at radius 3 is 1.49 bits per heavy atom. The maximum atomic E-state index is 6.31. The first-order valence-electron chi connectivity index (χ1n) is 22.6. The number of furan rings is 1. The molecule has 0 aliphatic heterocycles. The third kappa shape index (κ3) is 5.95. The summed E-state index contributed by atoms with van der Waals surface area (Å²) in [4.78, 5) is 2.44. The topological polar surface area (TPSA) is 16.4 Å². The zero-order valence-corrected chi connectivity index (χ0v) is 36.2. The predicted octanol–water partition coefficient (Wildman–Crippen LogP) is 17.8. The summed E-state index contributed by atoms with van der Waals surface area (Å²) in [5, 5.41) is 9.72. The Morgan fingerprint density at radius 2 is 0.754 bits per heavy atom. The van der Waals surface area contributed by atoms with Gasteiger partial charge < -0.3 is 9.32 Å². The molecule has 1 heterocycles. The van der Waals surface area contributed by atoms with E-state index in [1.165, 1.54) is 82.4 Å². The first-order valence-corrected chi connectivity index (χ1v) is 22.6. The molecule has 13 rings (SSSR count). The Hall–Kier alpha value is -8.20. The highest BCUT2D eigenvalue weighted by Gasteiger charge is 2.35. The molecule has 11 aromatic carbocycles. The number of benzene rings is 11. The summed E-state index contributed by atoms with van der Waals surface area (Å²) in [6.07, 6.45) is 0. The van der Waals surface area contributed by atoms with E-state index >= 15 is 0 Å². The summed E-state index contributed by atoms with van der Waals surface area (Å²) in [5.74, 6) is 0. The van der Waals surface area contributed by atoms with Crippen molar-refractivity contribution in [3.8, 4) is 44.5 Å². The molecule has 0 fully saturated rings. The highest BCUT2D eigenvalue weighted by Crippen LogP contribution is 2.51. The number of hydrogen-bond donors (Lipinski definition) is 0. The molecule has 1 aromatic heterocycles. The lowest BCUT2D eigenvalue weighted by molar-refractivity contribution is 0.660. The van der Waals surface area contributed by atoms with Crippen molar-refractivity contribution < 1.29 is 4.42 Å². The van der Waals surface area contributed by atoms with Gasteiger partial charge in [-0.1, -0.05) is 178 Å². The van der Waals surface area contributed by atoms with Gasteiger partial charge >= 0.3 is 0 Å². The van der Waals surface area contributed by atoms with E-state index in [0.29, 0.717) is 0 Å². The third-order valence-electron chi connectivity index (χ3n) is 14.1. The standard InChI is InChI=1S/C63H43NO/c1-63(2)59-18-10-8-16-53(59)54-35-31-48(39-60(54)63)64(46-28-24-43(25-29-46)42-22-20-41(21-23-42)40-12-4-3-5-13-40)47-30-34-52-51-32-26-44(36-57(51)49-14-6-7-15-50(49)58(52)38-47)45-27-33-56-55-17-9-11-19-61(55)65-62(56)37-45/h3-39H,1-2H3. The van der Waals surface area contributed by atoms with Gasteiger partial charge in [-0.15, -0.1) is 0 Å². The molecule has 1 aliphatic rings. The SMILES string of the molecule is CC1(C)c2ccccc2-c2ccc(N(c3ccc(-c4ccc(-c5ccccc5)cc4)cc3)c3ccc4c5ccc(-c6ccc7c(c6)oc6ccccc67)cc5c5ccccc5c4c3)cc21. The number of anilines is 3. The molecule has 0 atom stereocenters. The molecule has 1 aliphatic carbocycles. The van der Waals surface area contributed by atoms with E-state index in [1.807, 2.05) is 12.1 Å². The van der Waals surface area contributed by atoms with E-state index in [9.17, 15) is 0 Å². The van der Waals surface area contributed by atoms with Crippen molar-refractivity contribution in [2.45, 2.75) is 19.3 Å². The third-order valence-corrected chi connectivity index (χ3v) is 14.1. The first-order chi connectivity index (χ1) is 32.0. The van der Waals surface area contributed by atoms with Gasteiger partial charge in [-0.3, -0.25) is 0 Å². The molecular weight excluding hydrogens is 787 g/mol. The van der Waals surface area contributed by atoms with Crippen LogP contribution in [0.1, 0.15) is 25.0 Å². The fourth-order valence-electron chi connectivity index (χ4n) is 10.7. The summed E-state index contributed by atoms with van der Waals surface area (Å²) in [5.41, 5.74) is 17.6. The summed E-state index contributed by atoms with van der Waals surface area (Å²) in [6.45, 7) is 4.72. The van der Waals surface area contributed by atoms with Crippen LogP contribution in [-0.4, -0.2) is 0 Å². The summed E-state index contributed by atoms with van der Waals surface area (Å²) in [7, 11) is 0. The Balaban J connectivity index is 0.945. The predicted molar refractivity (Wildman–Crippen MR) is 275 cm³/mol. The number of nitrogens with zero attached hydrogens (tertiary/aromatic N) is 1. The summed E-state index contributed by atoms with van der Waals surface area (Å²) in [6, 6.07) is 82.3. The fourth-order valence-corrected chi connectivity index (χ4v) is 10.7. The van der Waals surface area contributed by atoms with Crippen LogP contribution >= 0.6 is 0 Å². The van der Waals surface area contributed by atoms with Crippen molar-refractivity contribution in [3.63, 3.8) is 0 Å². The first kappa shape index (κ1) is 37.4. The van der Waals surface area contributed by atoms with Gasteiger partial charge in [0.15, 0.2) is 0 Å². The summed E-state index contributed by atoms with van der Waals surface area (Å²) < 4.78 is 6.31. The van der Waals surface area contributed by atoms with Gasteiger partial charge in [-0.25, -0.2) is 0 Å². The van der Waals surface area contributed by atoms with Crippen molar-refractivity contribution in [1.82, 2.24) is 0 Å². The van der Waals surface area contributed by atoms with Gasteiger partial charge in [-0.2, -0.15) is 0 Å². The average molecular weight is 830 g/mol. The van der Waals surface area contributed by atoms with Crippen LogP contribution < -0.4 is 4.90 Å². The van der Waals surface area contributed by atoms with Crippen LogP contribution in [0.25, 0.3) is 98.8 Å². The maximum absolute atomic E-state index is 6.31. The number of fused-ring (bicyclic) bond motifs is 12. The van der Waals surface area contributed by atoms with E-state index in [4.69, 9.17) is 4.42 Å². The smallest absolute Gasteiger partial charge is 0.136 e. The molecule has 306 valence electrons. The molecule has 0 saturated carbocycles. The van der Waals surface area contributed by atoms with Crippen molar-refractivity contribution in [3.05, 3.63) is 236 Å². The molecule has 0 radical (unpaired) electrons. The van der Waals surface area contributed by atoms with E-state index in [1.54, 1.807) is 0 Å². The lowest BCUT2D eigenvalue weighted by Crippen LogP contribution is -2.16. The zero-order chi connectivity index (χ0) is 43.2. The van der Waals surface area contributed by atoms with Gasteiger partial charge in [0, 0.05) is 33.2 Å². The largest absolute Gasteiger partial charge is 0.456 e. The molecule has 2 nitrogen and oxygen atoms in total. The van der Waals surface area contributed by atoms with Crippen molar-refractivity contribution in [1.29, 1.82) is 0 Å². The molecule has 0 N–H and O–H groups in total. The van der Waals surface area contributed by atoms with Crippen LogP contribution in [0.15, 0.2) is 229 Å². The maximum Gasteiger partial charge on any atom is 0.136 e. The molecule has 0 amide bonds. The molecule has 0 spiro atoms. The van der Waals surface area contributed by atoms with E-state index in [2.05, 4.69) is 231 Å². The second-order valence-electron chi connectivity index (χ2n) is 18.1. The Morgan fingerprint density at radius 1 is 0.292 bits per heavy atom. The van der Waals surface area contributed by atoms with Gasteiger partial charge in [0.1, 0.15) is 11.2 Å². The van der Waals surface area contributed by atoms with Gasteiger partial charge in [0.05, 0.1) is 0 Å². The Bertz CT molecular complexity index is 3820. The van der Waals surface area contributed by atoms with Crippen LogP contribution in [-0.2, 0) is 5.41 Å². The number of hydrogen-bond acceptors (Lipinski definition) is 2. The average Bonchev–Trinajstić information content (AvgIpc) is 3.85. The summed E-state index contributed by atoms with van der Waals surface area (Å²) >= 11 is 0. The van der Waals surface area contributed by atoms with Gasteiger partial charge in [0.2, 0.25) is 0 Å². The zero-order valence-electron chi connectivity index (χ0n) is 36.2. The molecular formula is C63H43NO. The van der Waals surface area contributed by atoms with Crippen LogP contribution in [0.5, 0.6) is 0 Å². The fraction of sp³-hybridized carbons (Fsp3) is 0.0476. The number of para-hydroxylation sites is 1. The van der Waals surface area contributed by atoms with Crippen molar-refractivity contribution >= 4 is 71.3 Å². The van der Waals surface area contributed by atoms with Crippen LogP contribution in [0.3, 0.4) is 0 Å². The van der Waals surface area contributed by atoms with Crippen molar-refractivity contribution in [2.75, 3.05) is 4.90 Å². The molecule has 0 bridgehead atoms. The minimum absolute atomic E-state index is 0.126. The van der Waals surface area contributed by atoms with Crippen LogP contribution in [0.2, 0.25) is 0 Å². The minimum Gasteiger partial charge on any atom is -0.456 e. The quantitative estimate of drug-likeness (QED) is 0.155. The highest BCUT2D eigenvalue weighted by atomic mass is 16.3. The van der Waals surface area contributed by atoms with E-state index in [-0.39, 0.29) is 5.41 Å². The Kier molecular flexibility index (Phi) is 8.29. The molecule has 2 heteroatoms. The molecule has 0 saturated heterocycles. The lowest BCUT2D eigenvalue weighted by atomic mass is 9.82.